The second-order valence-electron chi connectivity index (χ2n) is 8.77. The van der Waals surface area contributed by atoms with E-state index in [0.717, 1.165) is 35.3 Å². The normalized spacial score (nSPS) is 16.1. The number of H-pyrrole nitrogens is 1. The molecule has 1 saturated heterocycles. The van der Waals surface area contributed by atoms with E-state index in [-0.39, 0.29) is 29.1 Å². The summed E-state index contributed by atoms with van der Waals surface area (Å²) in [4.78, 5) is 22.5. The highest BCUT2D eigenvalue weighted by atomic mass is 19.4. The van der Waals surface area contributed by atoms with E-state index in [9.17, 15) is 18.0 Å². The number of fused-ring (bicyclic) bond motifs is 1. The molecule has 192 valence electrons. The summed E-state index contributed by atoms with van der Waals surface area (Å²) in [6.07, 6.45) is 2.50. The van der Waals surface area contributed by atoms with Gasteiger partial charge < -0.3 is 15.5 Å². The van der Waals surface area contributed by atoms with Gasteiger partial charge in [0.1, 0.15) is 5.82 Å². The lowest BCUT2D eigenvalue weighted by molar-refractivity contribution is -0.142. The number of nitrogens with zero attached hydrogens (tertiary/aromatic N) is 6. The summed E-state index contributed by atoms with van der Waals surface area (Å²) in [6.45, 7) is 6.68. The number of halogens is 3. The van der Waals surface area contributed by atoms with Crippen molar-refractivity contribution >= 4 is 29.0 Å². The maximum Gasteiger partial charge on any atom is 0.434 e. The number of hydrogen-bond donors (Lipinski definition) is 3. The number of piperidine rings is 1. The molecule has 0 saturated carbocycles. The Kier molecular flexibility index (Phi) is 6.27. The number of hydrogen-bond acceptors (Lipinski definition) is 7. The number of pyridine rings is 2. The third kappa shape index (κ3) is 4.97. The zero-order chi connectivity index (χ0) is 26.2. The van der Waals surface area contributed by atoms with Crippen LogP contribution in [0.25, 0.3) is 16.8 Å². The third-order valence-electron chi connectivity index (χ3n) is 6.13. The van der Waals surface area contributed by atoms with Gasteiger partial charge in [-0.25, -0.2) is 9.50 Å². The van der Waals surface area contributed by atoms with Gasteiger partial charge in [0.15, 0.2) is 11.3 Å². The minimum atomic E-state index is -4.65. The van der Waals surface area contributed by atoms with E-state index < -0.39 is 11.9 Å². The molecular formula is C24H24F3N9O. The highest BCUT2D eigenvalue weighted by molar-refractivity contribution is 5.98. The van der Waals surface area contributed by atoms with Crippen molar-refractivity contribution in [2.45, 2.75) is 32.0 Å². The van der Waals surface area contributed by atoms with Crippen molar-refractivity contribution in [2.75, 3.05) is 28.6 Å². The monoisotopic (exact) mass is 511 g/mol. The van der Waals surface area contributed by atoms with Gasteiger partial charge in [0, 0.05) is 36.5 Å². The summed E-state index contributed by atoms with van der Waals surface area (Å²) in [6, 6.07) is 4.61. The quantitative estimate of drug-likeness (QED) is 0.335. The summed E-state index contributed by atoms with van der Waals surface area (Å²) >= 11 is 0. The first-order chi connectivity index (χ1) is 17.7. The van der Waals surface area contributed by atoms with E-state index in [1.54, 1.807) is 6.20 Å². The van der Waals surface area contributed by atoms with E-state index >= 15 is 0 Å². The molecule has 1 atom stereocenters. The molecule has 0 spiro atoms. The van der Waals surface area contributed by atoms with Crippen molar-refractivity contribution < 1.29 is 18.0 Å². The van der Waals surface area contributed by atoms with Crippen LogP contribution in [0.4, 0.5) is 30.6 Å². The van der Waals surface area contributed by atoms with Crippen molar-refractivity contribution in [1.82, 2.24) is 29.8 Å². The van der Waals surface area contributed by atoms with Gasteiger partial charge in [0.25, 0.3) is 0 Å². The maximum atomic E-state index is 14.1. The molecule has 13 heteroatoms. The number of alkyl halides is 3. The first kappa shape index (κ1) is 24.3. The summed E-state index contributed by atoms with van der Waals surface area (Å²) in [5.41, 5.74) is 0.894. The molecule has 10 nitrogen and oxygen atoms in total. The van der Waals surface area contributed by atoms with Crippen LogP contribution >= 0.6 is 0 Å². The smallest absolute Gasteiger partial charge is 0.354 e. The second-order valence-corrected chi connectivity index (χ2v) is 8.77. The zero-order valence-corrected chi connectivity index (χ0v) is 19.9. The van der Waals surface area contributed by atoms with Crippen LogP contribution in [0.2, 0.25) is 0 Å². The number of aromatic amines is 1. The molecule has 1 unspecified atom stereocenters. The SMILES string of the molecule is C=CC(=O)Nc1cnc(N2CCCC(Nc3nc4ccc(-c5cn[nH]c5)c(C(F)(F)F)n4n3)C2)c(C)c1. The molecule has 1 amide bonds. The van der Waals surface area contributed by atoms with E-state index in [4.69, 9.17) is 0 Å². The number of aromatic nitrogens is 6. The van der Waals surface area contributed by atoms with Crippen LogP contribution in [0.5, 0.6) is 0 Å². The highest BCUT2D eigenvalue weighted by Gasteiger charge is 2.38. The fourth-order valence-electron chi connectivity index (χ4n) is 4.54. The Bertz CT molecular complexity index is 1450. The Labute approximate surface area is 209 Å². The number of anilines is 3. The van der Waals surface area contributed by atoms with Crippen molar-refractivity contribution in [2.24, 2.45) is 0 Å². The standard InChI is InChI=1S/C24H24F3N9O/c1-3-20(37)31-17-9-14(2)22(28-12-17)35-8-4-5-16(13-35)32-23-33-19-7-6-18(15-10-29-30-11-15)21(24(25,26)27)36(19)34-23/h3,6-7,9-12,16H,1,4-5,8,13H2,2H3,(H,29,30)(H,31,37)(H,32,34). The number of amides is 1. The van der Waals surface area contributed by atoms with Gasteiger partial charge in [-0.1, -0.05) is 6.58 Å². The molecule has 0 aliphatic carbocycles. The predicted molar refractivity (Wildman–Crippen MR) is 132 cm³/mol. The topological polar surface area (TPSA) is 116 Å². The first-order valence-corrected chi connectivity index (χ1v) is 11.6. The first-order valence-electron chi connectivity index (χ1n) is 11.6. The molecule has 0 bridgehead atoms. The molecule has 0 aromatic carbocycles. The van der Waals surface area contributed by atoms with E-state index in [1.807, 2.05) is 13.0 Å². The van der Waals surface area contributed by atoms with Gasteiger partial charge in [0.2, 0.25) is 11.9 Å². The summed E-state index contributed by atoms with van der Waals surface area (Å²) in [5.74, 6) is 0.575. The summed E-state index contributed by atoms with van der Waals surface area (Å²) in [5, 5.41) is 16.4. The van der Waals surface area contributed by atoms with Crippen LogP contribution in [0.15, 0.2) is 49.4 Å². The van der Waals surface area contributed by atoms with Crippen molar-refractivity contribution in [3.8, 4) is 11.1 Å². The average Bonchev–Trinajstić information content (AvgIpc) is 3.52. The van der Waals surface area contributed by atoms with Gasteiger partial charge in [-0.05, 0) is 49.6 Å². The Morgan fingerprint density at radius 2 is 2.14 bits per heavy atom. The highest BCUT2D eigenvalue weighted by Crippen LogP contribution is 2.37. The minimum absolute atomic E-state index is 0.0386. The molecule has 1 fully saturated rings. The van der Waals surface area contributed by atoms with E-state index in [0.29, 0.717) is 17.8 Å². The number of aryl methyl sites for hydroxylation is 1. The van der Waals surface area contributed by atoms with Gasteiger partial charge >= 0.3 is 6.18 Å². The Balaban J connectivity index is 1.37. The molecule has 4 aromatic heterocycles. The Hall–Kier alpha value is -4.42. The Morgan fingerprint density at radius 3 is 2.84 bits per heavy atom. The van der Waals surface area contributed by atoms with Gasteiger partial charge in [0.05, 0.1) is 18.1 Å². The molecule has 3 N–H and O–H groups in total. The predicted octanol–water partition coefficient (Wildman–Crippen LogP) is 4.05. The van der Waals surface area contributed by atoms with Gasteiger partial charge in [-0.2, -0.15) is 23.3 Å². The molecule has 5 rings (SSSR count). The van der Waals surface area contributed by atoms with E-state index in [2.05, 4.69) is 47.4 Å². The minimum Gasteiger partial charge on any atom is -0.354 e. The van der Waals surface area contributed by atoms with E-state index in [1.165, 1.54) is 30.6 Å². The molecule has 1 aliphatic rings. The fourth-order valence-corrected chi connectivity index (χ4v) is 4.54. The number of carbonyl (C=O) groups excluding carboxylic acids is 1. The van der Waals surface area contributed by atoms with Crippen LogP contribution < -0.4 is 15.5 Å². The summed E-state index contributed by atoms with van der Waals surface area (Å²) in [7, 11) is 0. The van der Waals surface area contributed by atoms with Crippen molar-refractivity contribution in [3.05, 3.63) is 60.7 Å². The van der Waals surface area contributed by atoms with Crippen LogP contribution in [-0.4, -0.2) is 54.8 Å². The third-order valence-corrected chi connectivity index (χ3v) is 6.13. The lowest BCUT2D eigenvalue weighted by Gasteiger charge is -2.34. The fraction of sp³-hybridized carbons (Fsp3) is 0.292. The number of rotatable bonds is 6. The van der Waals surface area contributed by atoms with Crippen LogP contribution in [-0.2, 0) is 11.0 Å². The summed E-state index contributed by atoms with van der Waals surface area (Å²) < 4.78 is 43.0. The van der Waals surface area contributed by atoms with Crippen molar-refractivity contribution in [1.29, 1.82) is 0 Å². The lowest BCUT2D eigenvalue weighted by atomic mass is 10.1. The number of carbonyl (C=O) groups is 1. The van der Waals surface area contributed by atoms with Crippen LogP contribution in [0.3, 0.4) is 0 Å². The average molecular weight is 512 g/mol. The van der Waals surface area contributed by atoms with Crippen LogP contribution in [0.1, 0.15) is 24.1 Å². The zero-order valence-electron chi connectivity index (χ0n) is 19.9. The van der Waals surface area contributed by atoms with Gasteiger partial charge in [-0.15, -0.1) is 5.10 Å². The van der Waals surface area contributed by atoms with Crippen LogP contribution in [0, 0.1) is 6.92 Å². The lowest BCUT2D eigenvalue weighted by Crippen LogP contribution is -2.43. The largest absolute Gasteiger partial charge is 0.434 e. The second kappa shape index (κ2) is 9.56. The molecule has 5 heterocycles. The number of nitrogens with one attached hydrogen (secondary N) is 3. The molecule has 4 aromatic rings. The maximum absolute atomic E-state index is 14.1. The van der Waals surface area contributed by atoms with Crippen molar-refractivity contribution in [3.63, 3.8) is 0 Å². The molecule has 0 radical (unpaired) electrons. The van der Waals surface area contributed by atoms with Gasteiger partial charge in [-0.3, -0.25) is 9.89 Å². The molecular weight excluding hydrogens is 487 g/mol. The molecule has 1 aliphatic heterocycles. The Morgan fingerprint density at radius 1 is 1.30 bits per heavy atom. The molecule has 37 heavy (non-hydrogen) atoms.